The van der Waals surface area contributed by atoms with Gasteiger partial charge in [-0.05, 0) is 37.6 Å². The van der Waals surface area contributed by atoms with Crippen molar-refractivity contribution in [3.05, 3.63) is 54.1 Å². The van der Waals surface area contributed by atoms with Crippen LogP contribution < -0.4 is 10.1 Å². The molecule has 0 saturated heterocycles. The van der Waals surface area contributed by atoms with Crippen molar-refractivity contribution in [2.75, 3.05) is 7.11 Å². The van der Waals surface area contributed by atoms with E-state index in [9.17, 15) is 4.79 Å². The highest BCUT2D eigenvalue weighted by atomic mass is 16.5. The van der Waals surface area contributed by atoms with Crippen LogP contribution in [0.25, 0.3) is 11.1 Å². The van der Waals surface area contributed by atoms with E-state index in [-0.39, 0.29) is 11.9 Å². The standard InChI is InChI=1S/C17H19NO2/c1-12(2)18-17(19)14-9-10-16(20-3)15(11-14)13-7-5-4-6-8-13/h4-12H,1-3H3,(H,18,19). The van der Waals surface area contributed by atoms with Gasteiger partial charge >= 0.3 is 0 Å². The third kappa shape index (κ3) is 3.18. The quantitative estimate of drug-likeness (QED) is 0.922. The highest BCUT2D eigenvalue weighted by molar-refractivity contribution is 5.96. The Balaban J connectivity index is 2.42. The number of ether oxygens (including phenoxy) is 1. The van der Waals surface area contributed by atoms with Gasteiger partial charge in [-0.2, -0.15) is 0 Å². The molecule has 0 saturated carbocycles. The van der Waals surface area contributed by atoms with Crippen molar-refractivity contribution in [3.8, 4) is 16.9 Å². The van der Waals surface area contributed by atoms with Gasteiger partial charge < -0.3 is 10.1 Å². The maximum atomic E-state index is 12.1. The van der Waals surface area contributed by atoms with Gasteiger partial charge in [0, 0.05) is 17.2 Å². The van der Waals surface area contributed by atoms with E-state index in [1.807, 2.05) is 56.3 Å². The molecule has 0 heterocycles. The van der Waals surface area contributed by atoms with Gasteiger partial charge in [-0.1, -0.05) is 30.3 Å². The van der Waals surface area contributed by atoms with Crippen molar-refractivity contribution in [1.29, 1.82) is 0 Å². The lowest BCUT2D eigenvalue weighted by atomic mass is 10.0. The van der Waals surface area contributed by atoms with Crippen molar-refractivity contribution >= 4 is 5.91 Å². The highest BCUT2D eigenvalue weighted by Crippen LogP contribution is 2.30. The summed E-state index contributed by atoms with van der Waals surface area (Å²) in [7, 11) is 1.63. The lowest BCUT2D eigenvalue weighted by molar-refractivity contribution is 0.0943. The maximum Gasteiger partial charge on any atom is 0.251 e. The molecule has 0 spiro atoms. The van der Waals surface area contributed by atoms with Crippen molar-refractivity contribution < 1.29 is 9.53 Å². The third-order valence-electron chi connectivity index (χ3n) is 2.97. The van der Waals surface area contributed by atoms with E-state index in [1.165, 1.54) is 0 Å². The number of carbonyl (C=O) groups is 1. The molecule has 0 aromatic heterocycles. The number of rotatable bonds is 4. The van der Waals surface area contributed by atoms with Crippen molar-refractivity contribution in [2.24, 2.45) is 0 Å². The topological polar surface area (TPSA) is 38.3 Å². The number of hydrogen-bond donors (Lipinski definition) is 1. The summed E-state index contributed by atoms with van der Waals surface area (Å²) in [6.45, 7) is 3.89. The second kappa shape index (κ2) is 6.24. The van der Waals surface area contributed by atoms with Gasteiger partial charge in [0.1, 0.15) is 5.75 Å². The molecule has 3 heteroatoms. The monoisotopic (exact) mass is 269 g/mol. The first-order chi connectivity index (χ1) is 9.61. The predicted octanol–water partition coefficient (Wildman–Crippen LogP) is 3.50. The third-order valence-corrected chi connectivity index (χ3v) is 2.97. The van der Waals surface area contributed by atoms with Crippen LogP contribution in [0.2, 0.25) is 0 Å². The minimum Gasteiger partial charge on any atom is -0.496 e. The van der Waals surface area contributed by atoms with Crippen LogP contribution in [0.3, 0.4) is 0 Å². The Kier molecular flexibility index (Phi) is 4.41. The Morgan fingerprint density at radius 3 is 2.40 bits per heavy atom. The molecule has 0 bridgehead atoms. The van der Waals surface area contributed by atoms with Crippen molar-refractivity contribution in [3.63, 3.8) is 0 Å². The average Bonchev–Trinajstić information content (AvgIpc) is 2.46. The zero-order valence-electron chi connectivity index (χ0n) is 12.0. The zero-order valence-corrected chi connectivity index (χ0v) is 12.0. The summed E-state index contributed by atoms with van der Waals surface area (Å²) in [5, 5.41) is 2.90. The van der Waals surface area contributed by atoms with Crippen LogP contribution in [0.5, 0.6) is 5.75 Å². The SMILES string of the molecule is COc1ccc(C(=O)NC(C)C)cc1-c1ccccc1. The molecule has 2 aromatic rings. The first kappa shape index (κ1) is 14.1. The largest absolute Gasteiger partial charge is 0.496 e. The number of hydrogen-bond acceptors (Lipinski definition) is 2. The molecule has 0 aliphatic carbocycles. The fraction of sp³-hybridized carbons (Fsp3) is 0.235. The highest BCUT2D eigenvalue weighted by Gasteiger charge is 2.12. The first-order valence-corrected chi connectivity index (χ1v) is 6.66. The maximum absolute atomic E-state index is 12.1. The molecule has 20 heavy (non-hydrogen) atoms. The van der Waals surface area contributed by atoms with Crippen LogP contribution in [-0.2, 0) is 0 Å². The summed E-state index contributed by atoms with van der Waals surface area (Å²) in [5.41, 5.74) is 2.59. The first-order valence-electron chi connectivity index (χ1n) is 6.66. The van der Waals surface area contributed by atoms with E-state index in [0.717, 1.165) is 16.9 Å². The van der Waals surface area contributed by atoms with Gasteiger partial charge in [-0.3, -0.25) is 4.79 Å². The fourth-order valence-electron chi connectivity index (χ4n) is 2.04. The Labute approximate surface area is 119 Å². The van der Waals surface area contributed by atoms with Gasteiger partial charge in [-0.25, -0.2) is 0 Å². The van der Waals surface area contributed by atoms with Gasteiger partial charge in [0.25, 0.3) is 5.91 Å². The van der Waals surface area contributed by atoms with E-state index < -0.39 is 0 Å². The number of amides is 1. The normalized spacial score (nSPS) is 10.4. The Morgan fingerprint density at radius 2 is 1.80 bits per heavy atom. The molecule has 0 aliphatic heterocycles. The van der Waals surface area contributed by atoms with Crippen molar-refractivity contribution in [2.45, 2.75) is 19.9 Å². The number of methoxy groups -OCH3 is 1. The van der Waals surface area contributed by atoms with Crippen LogP contribution in [0, 0.1) is 0 Å². The number of benzene rings is 2. The van der Waals surface area contributed by atoms with E-state index in [1.54, 1.807) is 13.2 Å². The van der Waals surface area contributed by atoms with Gasteiger partial charge in [-0.15, -0.1) is 0 Å². The van der Waals surface area contributed by atoms with Gasteiger partial charge in [0.05, 0.1) is 7.11 Å². The Morgan fingerprint density at radius 1 is 1.10 bits per heavy atom. The van der Waals surface area contributed by atoms with Gasteiger partial charge in [0.2, 0.25) is 0 Å². The minimum absolute atomic E-state index is 0.0696. The second-order valence-electron chi connectivity index (χ2n) is 4.91. The summed E-state index contributed by atoms with van der Waals surface area (Å²) < 4.78 is 5.38. The Hall–Kier alpha value is -2.29. The summed E-state index contributed by atoms with van der Waals surface area (Å²) in [6.07, 6.45) is 0. The molecule has 2 aromatic carbocycles. The molecule has 0 atom stereocenters. The summed E-state index contributed by atoms with van der Waals surface area (Å²) in [5.74, 6) is 0.692. The molecular formula is C17H19NO2. The molecule has 3 nitrogen and oxygen atoms in total. The molecule has 0 fully saturated rings. The zero-order chi connectivity index (χ0) is 14.5. The summed E-state index contributed by atoms with van der Waals surface area (Å²) >= 11 is 0. The lowest BCUT2D eigenvalue weighted by Gasteiger charge is -2.12. The van der Waals surface area contributed by atoms with Crippen LogP contribution in [0.1, 0.15) is 24.2 Å². The lowest BCUT2D eigenvalue weighted by Crippen LogP contribution is -2.30. The summed E-state index contributed by atoms with van der Waals surface area (Å²) in [4.78, 5) is 12.1. The molecule has 0 aliphatic rings. The smallest absolute Gasteiger partial charge is 0.251 e. The van der Waals surface area contributed by atoms with E-state index in [0.29, 0.717) is 5.56 Å². The van der Waals surface area contributed by atoms with Crippen LogP contribution in [0.4, 0.5) is 0 Å². The van der Waals surface area contributed by atoms with E-state index in [4.69, 9.17) is 4.74 Å². The minimum atomic E-state index is -0.0696. The summed E-state index contributed by atoms with van der Waals surface area (Å²) in [6, 6.07) is 15.5. The molecular weight excluding hydrogens is 250 g/mol. The predicted molar refractivity (Wildman–Crippen MR) is 81.0 cm³/mol. The fourth-order valence-corrected chi connectivity index (χ4v) is 2.04. The van der Waals surface area contributed by atoms with Gasteiger partial charge in [0.15, 0.2) is 0 Å². The van der Waals surface area contributed by atoms with Crippen LogP contribution >= 0.6 is 0 Å². The molecule has 0 unspecified atom stereocenters. The van der Waals surface area contributed by atoms with E-state index >= 15 is 0 Å². The van der Waals surface area contributed by atoms with Crippen LogP contribution in [-0.4, -0.2) is 19.1 Å². The van der Waals surface area contributed by atoms with E-state index in [2.05, 4.69) is 5.32 Å². The molecule has 1 N–H and O–H groups in total. The number of nitrogens with one attached hydrogen (secondary N) is 1. The molecule has 104 valence electrons. The number of carbonyl (C=O) groups excluding carboxylic acids is 1. The van der Waals surface area contributed by atoms with Crippen molar-refractivity contribution in [1.82, 2.24) is 5.32 Å². The Bertz CT molecular complexity index is 591. The molecule has 2 rings (SSSR count). The second-order valence-corrected chi connectivity index (χ2v) is 4.91. The van der Waals surface area contributed by atoms with Crippen LogP contribution in [0.15, 0.2) is 48.5 Å². The average molecular weight is 269 g/mol. The molecule has 1 amide bonds. The molecule has 0 radical (unpaired) electrons.